The average molecular weight is 255 g/mol. The Morgan fingerprint density at radius 1 is 1.56 bits per heavy atom. The van der Waals surface area contributed by atoms with Gasteiger partial charge >= 0.3 is 5.97 Å². The van der Waals surface area contributed by atoms with Gasteiger partial charge in [-0.15, -0.1) is 0 Å². The van der Waals surface area contributed by atoms with E-state index in [1.807, 2.05) is 0 Å². The van der Waals surface area contributed by atoms with E-state index in [2.05, 4.69) is 4.74 Å². The lowest BCUT2D eigenvalue weighted by molar-refractivity contribution is -0.142. The molecule has 0 saturated heterocycles. The van der Waals surface area contributed by atoms with Gasteiger partial charge in [-0.25, -0.2) is 8.78 Å². The van der Waals surface area contributed by atoms with Gasteiger partial charge in [0.05, 0.1) is 24.7 Å². The van der Waals surface area contributed by atoms with Gasteiger partial charge in [0.25, 0.3) is 6.43 Å². The molecule has 1 rings (SSSR count). The SMILES string of the molecule is CCOC(=O)Cc1cc(O)cc(C#N)c1C(F)F. The number of carbonyl (C=O) groups is 1. The summed E-state index contributed by atoms with van der Waals surface area (Å²) in [5, 5.41) is 18.1. The number of alkyl halides is 2. The van der Waals surface area contributed by atoms with E-state index in [1.54, 1.807) is 13.0 Å². The van der Waals surface area contributed by atoms with Gasteiger partial charge in [-0.1, -0.05) is 0 Å². The predicted molar refractivity (Wildman–Crippen MR) is 58.1 cm³/mol. The highest BCUT2D eigenvalue weighted by Crippen LogP contribution is 2.30. The summed E-state index contributed by atoms with van der Waals surface area (Å²) in [6, 6.07) is 3.55. The zero-order valence-corrected chi connectivity index (χ0v) is 9.61. The summed E-state index contributed by atoms with van der Waals surface area (Å²) >= 11 is 0. The second kappa shape index (κ2) is 5.96. The number of phenolic OH excluding ortho intramolecular Hbond substituents is 1. The summed E-state index contributed by atoms with van der Waals surface area (Å²) in [4.78, 5) is 11.3. The van der Waals surface area contributed by atoms with Crippen LogP contribution in [0.3, 0.4) is 0 Å². The molecule has 0 amide bonds. The van der Waals surface area contributed by atoms with Gasteiger partial charge < -0.3 is 9.84 Å². The highest BCUT2D eigenvalue weighted by atomic mass is 19.3. The minimum absolute atomic E-state index is 0.0972. The number of carbonyl (C=O) groups excluding carboxylic acids is 1. The minimum Gasteiger partial charge on any atom is -0.508 e. The Bertz CT molecular complexity index is 495. The first-order valence-electron chi connectivity index (χ1n) is 5.19. The first kappa shape index (κ1) is 13.9. The van der Waals surface area contributed by atoms with E-state index in [-0.39, 0.29) is 23.5 Å². The Labute approximate surface area is 102 Å². The number of aromatic hydroxyl groups is 1. The summed E-state index contributed by atoms with van der Waals surface area (Å²) in [7, 11) is 0. The predicted octanol–water partition coefficient (Wildman–Crippen LogP) is 2.31. The van der Waals surface area contributed by atoms with Gasteiger partial charge in [-0.2, -0.15) is 5.26 Å². The van der Waals surface area contributed by atoms with Gasteiger partial charge in [0.2, 0.25) is 0 Å². The molecule has 0 aromatic heterocycles. The van der Waals surface area contributed by atoms with Crippen LogP contribution in [0.25, 0.3) is 0 Å². The Kier molecular flexibility index (Phi) is 4.60. The van der Waals surface area contributed by atoms with Crippen molar-refractivity contribution >= 4 is 5.97 Å². The van der Waals surface area contributed by atoms with Crippen LogP contribution in [0.1, 0.15) is 30.0 Å². The van der Waals surface area contributed by atoms with Gasteiger partial charge in [0.1, 0.15) is 5.75 Å². The molecular formula is C12H11F2NO3. The molecule has 4 nitrogen and oxygen atoms in total. The van der Waals surface area contributed by atoms with E-state index in [9.17, 15) is 18.7 Å². The average Bonchev–Trinajstić information content (AvgIpc) is 2.27. The monoisotopic (exact) mass is 255 g/mol. The summed E-state index contributed by atoms with van der Waals surface area (Å²) in [5.41, 5.74) is -0.979. The fourth-order valence-electron chi connectivity index (χ4n) is 1.56. The Balaban J connectivity index is 3.20. The Hall–Kier alpha value is -2.16. The van der Waals surface area contributed by atoms with Gasteiger partial charge in [0.15, 0.2) is 0 Å². The van der Waals surface area contributed by atoms with Crippen LogP contribution in [0, 0.1) is 11.3 Å². The van der Waals surface area contributed by atoms with E-state index in [0.29, 0.717) is 0 Å². The number of ether oxygens (including phenoxy) is 1. The second-order valence-corrected chi connectivity index (χ2v) is 3.46. The highest BCUT2D eigenvalue weighted by Gasteiger charge is 2.21. The van der Waals surface area contributed by atoms with Crippen LogP contribution >= 0.6 is 0 Å². The largest absolute Gasteiger partial charge is 0.508 e. The van der Waals surface area contributed by atoms with Crippen LogP contribution in [-0.4, -0.2) is 17.7 Å². The maximum Gasteiger partial charge on any atom is 0.310 e. The normalized spacial score (nSPS) is 10.2. The number of nitriles is 1. The maximum atomic E-state index is 12.9. The molecule has 6 heteroatoms. The molecular weight excluding hydrogens is 244 g/mol. The number of benzene rings is 1. The molecule has 0 aliphatic rings. The number of rotatable bonds is 4. The van der Waals surface area contributed by atoms with Crippen molar-refractivity contribution in [1.82, 2.24) is 0 Å². The van der Waals surface area contributed by atoms with E-state index < -0.39 is 24.4 Å². The van der Waals surface area contributed by atoms with Crippen molar-refractivity contribution in [1.29, 1.82) is 5.26 Å². The molecule has 0 heterocycles. The fraction of sp³-hybridized carbons (Fsp3) is 0.333. The van der Waals surface area contributed by atoms with Crippen molar-refractivity contribution < 1.29 is 23.4 Å². The number of phenols is 1. The van der Waals surface area contributed by atoms with Crippen LogP contribution in [-0.2, 0) is 16.0 Å². The molecule has 0 unspecified atom stereocenters. The lowest BCUT2D eigenvalue weighted by atomic mass is 9.99. The van der Waals surface area contributed by atoms with Crippen molar-refractivity contribution in [2.75, 3.05) is 6.61 Å². The molecule has 1 aromatic carbocycles. The van der Waals surface area contributed by atoms with Crippen molar-refractivity contribution in [3.05, 3.63) is 28.8 Å². The van der Waals surface area contributed by atoms with E-state index in [0.717, 1.165) is 12.1 Å². The molecule has 0 bridgehead atoms. The van der Waals surface area contributed by atoms with E-state index >= 15 is 0 Å². The standard InChI is InChI=1S/C12H11F2NO3/c1-2-18-10(17)5-7-3-9(16)4-8(6-15)11(7)12(13)14/h3-4,12,16H,2,5H2,1H3. The molecule has 0 aliphatic carbocycles. The third-order valence-corrected chi connectivity index (χ3v) is 2.23. The van der Waals surface area contributed by atoms with Crippen molar-refractivity contribution in [2.24, 2.45) is 0 Å². The molecule has 0 radical (unpaired) electrons. The van der Waals surface area contributed by atoms with Crippen LogP contribution in [0.5, 0.6) is 5.75 Å². The molecule has 0 atom stereocenters. The smallest absolute Gasteiger partial charge is 0.310 e. The lowest BCUT2D eigenvalue weighted by Crippen LogP contribution is -2.10. The van der Waals surface area contributed by atoms with Gasteiger partial charge in [0, 0.05) is 5.56 Å². The highest BCUT2D eigenvalue weighted by molar-refractivity contribution is 5.74. The third-order valence-electron chi connectivity index (χ3n) is 2.23. The Morgan fingerprint density at radius 2 is 2.22 bits per heavy atom. The molecule has 0 aliphatic heterocycles. The number of esters is 1. The molecule has 0 fully saturated rings. The first-order chi connectivity index (χ1) is 8.49. The second-order valence-electron chi connectivity index (χ2n) is 3.46. The summed E-state index contributed by atoms with van der Waals surface area (Å²) < 4.78 is 30.4. The number of nitrogens with zero attached hydrogens (tertiary/aromatic N) is 1. The number of hydrogen-bond acceptors (Lipinski definition) is 4. The van der Waals surface area contributed by atoms with Crippen molar-refractivity contribution in [3.8, 4) is 11.8 Å². The minimum atomic E-state index is -2.90. The first-order valence-corrected chi connectivity index (χ1v) is 5.19. The molecule has 96 valence electrons. The van der Waals surface area contributed by atoms with Crippen LogP contribution in [0.4, 0.5) is 8.78 Å². The molecule has 18 heavy (non-hydrogen) atoms. The molecule has 0 spiro atoms. The van der Waals surface area contributed by atoms with Crippen LogP contribution in [0.15, 0.2) is 12.1 Å². The van der Waals surface area contributed by atoms with Crippen LogP contribution in [0.2, 0.25) is 0 Å². The zero-order valence-electron chi connectivity index (χ0n) is 9.61. The van der Waals surface area contributed by atoms with Gasteiger partial charge in [-0.3, -0.25) is 4.79 Å². The summed E-state index contributed by atoms with van der Waals surface area (Å²) in [5.74, 6) is -1.02. The summed E-state index contributed by atoms with van der Waals surface area (Å²) in [6.07, 6.45) is -3.30. The Morgan fingerprint density at radius 3 is 2.72 bits per heavy atom. The summed E-state index contributed by atoms with van der Waals surface area (Å²) in [6.45, 7) is 1.72. The van der Waals surface area contributed by atoms with Crippen molar-refractivity contribution in [3.63, 3.8) is 0 Å². The van der Waals surface area contributed by atoms with E-state index in [4.69, 9.17) is 5.26 Å². The zero-order chi connectivity index (χ0) is 13.7. The fourth-order valence-corrected chi connectivity index (χ4v) is 1.56. The quantitative estimate of drug-likeness (QED) is 0.838. The number of halogens is 2. The third kappa shape index (κ3) is 3.17. The van der Waals surface area contributed by atoms with Crippen molar-refractivity contribution in [2.45, 2.75) is 19.8 Å². The van der Waals surface area contributed by atoms with Gasteiger partial charge in [-0.05, 0) is 24.6 Å². The lowest BCUT2D eigenvalue weighted by Gasteiger charge is -2.11. The molecule has 1 N–H and O–H groups in total. The molecule has 0 saturated carbocycles. The molecule has 1 aromatic rings. The maximum absolute atomic E-state index is 12.9. The number of hydrogen-bond donors (Lipinski definition) is 1. The van der Waals surface area contributed by atoms with Crippen LogP contribution < -0.4 is 0 Å². The van der Waals surface area contributed by atoms with E-state index in [1.165, 1.54) is 0 Å². The topological polar surface area (TPSA) is 70.3 Å².